The third kappa shape index (κ3) is 6.03. The molecule has 2 aromatic carbocycles. The zero-order valence-corrected chi connectivity index (χ0v) is 17.8. The molecule has 1 heterocycles. The molecule has 4 nitrogen and oxygen atoms in total. The van der Waals surface area contributed by atoms with Gasteiger partial charge in [-0.3, -0.25) is 10.1 Å². The predicted octanol–water partition coefficient (Wildman–Crippen LogP) is 6.37. The Morgan fingerprint density at radius 3 is 2.52 bits per heavy atom. The number of nitrogens with one attached hydrogen (secondary N) is 1. The number of carbonyl (C=O) groups excluding carboxylic acids is 1. The molecule has 0 aliphatic heterocycles. The van der Waals surface area contributed by atoms with Gasteiger partial charge in [0.25, 0.3) is 0 Å². The van der Waals surface area contributed by atoms with Gasteiger partial charge in [-0.1, -0.05) is 45.0 Å². The molecule has 3 aromatic rings. The summed E-state index contributed by atoms with van der Waals surface area (Å²) < 4.78 is 5.60. The monoisotopic (exact) mass is 406 g/mol. The van der Waals surface area contributed by atoms with Crippen LogP contribution in [0.3, 0.4) is 0 Å². The maximum atomic E-state index is 12.2. The van der Waals surface area contributed by atoms with Crippen molar-refractivity contribution in [2.75, 3.05) is 11.9 Å². The predicted molar refractivity (Wildman–Crippen MR) is 122 cm³/mol. The normalized spacial score (nSPS) is 11.2. The van der Waals surface area contributed by atoms with Gasteiger partial charge in [-0.2, -0.15) is 0 Å². The SMILES string of the molecule is CCCOc1ccc(-c2csc(NC(=O)C=Cc3ccc(C(C)C)cc3)n2)cc1. The number of nitrogens with zero attached hydrogens (tertiary/aromatic N) is 1. The topological polar surface area (TPSA) is 51.2 Å². The number of aromatic nitrogens is 1. The highest BCUT2D eigenvalue weighted by molar-refractivity contribution is 7.14. The van der Waals surface area contributed by atoms with Crippen LogP contribution in [0, 0.1) is 0 Å². The van der Waals surface area contributed by atoms with Gasteiger partial charge >= 0.3 is 0 Å². The third-order valence-electron chi connectivity index (χ3n) is 4.39. The van der Waals surface area contributed by atoms with E-state index in [1.807, 2.05) is 47.9 Å². The van der Waals surface area contributed by atoms with Crippen molar-refractivity contribution in [2.45, 2.75) is 33.1 Å². The first-order valence-corrected chi connectivity index (χ1v) is 10.7. The Bertz CT molecular complexity index is 957. The van der Waals surface area contributed by atoms with Crippen LogP contribution in [0.15, 0.2) is 60.0 Å². The molecule has 0 spiro atoms. The van der Waals surface area contributed by atoms with Crippen LogP contribution >= 0.6 is 11.3 Å². The summed E-state index contributed by atoms with van der Waals surface area (Å²) in [6.07, 6.45) is 4.32. The summed E-state index contributed by atoms with van der Waals surface area (Å²) in [4.78, 5) is 16.7. The van der Waals surface area contributed by atoms with E-state index < -0.39 is 0 Å². The van der Waals surface area contributed by atoms with Crippen molar-refractivity contribution in [1.29, 1.82) is 0 Å². The zero-order chi connectivity index (χ0) is 20.6. The van der Waals surface area contributed by atoms with E-state index in [1.54, 1.807) is 0 Å². The molecule has 150 valence electrons. The quantitative estimate of drug-likeness (QED) is 0.442. The van der Waals surface area contributed by atoms with E-state index in [2.05, 4.69) is 43.2 Å². The Hall–Kier alpha value is -2.92. The highest BCUT2D eigenvalue weighted by Gasteiger charge is 2.07. The molecule has 1 amide bonds. The number of hydrogen-bond donors (Lipinski definition) is 1. The fraction of sp³-hybridized carbons (Fsp3) is 0.250. The van der Waals surface area contributed by atoms with Crippen molar-refractivity contribution in [3.05, 3.63) is 71.1 Å². The number of ether oxygens (including phenoxy) is 1. The third-order valence-corrected chi connectivity index (χ3v) is 5.15. The van der Waals surface area contributed by atoms with E-state index in [4.69, 9.17) is 4.74 Å². The fourth-order valence-electron chi connectivity index (χ4n) is 2.72. The number of hydrogen-bond acceptors (Lipinski definition) is 4. The Balaban J connectivity index is 1.58. The van der Waals surface area contributed by atoms with E-state index >= 15 is 0 Å². The summed E-state index contributed by atoms with van der Waals surface area (Å²) in [7, 11) is 0. The standard InChI is InChI=1S/C24H26N2O2S/c1-4-15-28-21-12-10-20(11-13-21)22-16-29-24(25-22)26-23(27)14-7-18-5-8-19(9-6-18)17(2)3/h5-14,16-17H,4,15H2,1-3H3,(H,25,26,27). The maximum absolute atomic E-state index is 12.2. The zero-order valence-electron chi connectivity index (χ0n) is 17.0. The van der Waals surface area contributed by atoms with Crippen molar-refractivity contribution in [2.24, 2.45) is 0 Å². The molecule has 0 bridgehead atoms. The molecular formula is C24H26N2O2S. The first-order valence-electron chi connectivity index (χ1n) is 9.83. The van der Waals surface area contributed by atoms with Crippen LogP contribution in [-0.4, -0.2) is 17.5 Å². The van der Waals surface area contributed by atoms with E-state index in [0.29, 0.717) is 17.7 Å². The van der Waals surface area contributed by atoms with E-state index in [1.165, 1.54) is 23.0 Å². The minimum absolute atomic E-state index is 0.192. The molecule has 0 aliphatic carbocycles. The first-order chi connectivity index (χ1) is 14.0. The van der Waals surface area contributed by atoms with Gasteiger partial charge in [0, 0.05) is 17.0 Å². The second kappa shape index (κ2) is 10.0. The lowest BCUT2D eigenvalue weighted by molar-refractivity contribution is -0.111. The largest absolute Gasteiger partial charge is 0.494 e. The highest BCUT2D eigenvalue weighted by atomic mass is 32.1. The molecule has 0 unspecified atom stereocenters. The number of amides is 1. The average Bonchev–Trinajstić information content (AvgIpc) is 3.19. The van der Waals surface area contributed by atoms with Crippen LogP contribution in [0.2, 0.25) is 0 Å². The lowest BCUT2D eigenvalue weighted by Gasteiger charge is -2.04. The van der Waals surface area contributed by atoms with Gasteiger partial charge < -0.3 is 4.74 Å². The second-order valence-electron chi connectivity index (χ2n) is 7.05. The second-order valence-corrected chi connectivity index (χ2v) is 7.91. The summed E-state index contributed by atoms with van der Waals surface area (Å²) >= 11 is 1.41. The molecule has 3 rings (SSSR count). The Morgan fingerprint density at radius 1 is 1.14 bits per heavy atom. The van der Waals surface area contributed by atoms with Crippen molar-refractivity contribution in [3.63, 3.8) is 0 Å². The van der Waals surface area contributed by atoms with E-state index in [-0.39, 0.29) is 5.91 Å². The van der Waals surface area contributed by atoms with Crippen LogP contribution in [-0.2, 0) is 4.79 Å². The minimum atomic E-state index is -0.192. The van der Waals surface area contributed by atoms with Gasteiger partial charge in [-0.15, -0.1) is 11.3 Å². The van der Waals surface area contributed by atoms with Crippen LogP contribution in [0.4, 0.5) is 5.13 Å². The Kier molecular flexibility index (Phi) is 7.19. The molecule has 0 atom stereocenters. The highest BCUT2D eigenvalue weighted by Crippen LogP contribution is 2.26. The maximum Gasteiger partial charge on any atom is 0.250 e. The summed E-state index contributed by atoms with van der Waals surface area (Å²) in [6.45, 7) is 7.11. The van der Waals surface area contributed by atoms with E-state index in [9.17, 15) is 4.79 Å². The van der Waals surface area contributed by atoms with Crippen LogP contribution in [0.25, 0.3) is 17.3 Å². The molecule has 0 radical (unpaired) electrons. The van der Waals surface area contributed by atoms with Crippen molar-refractivity contribution in [1.82, 2.24) is 4.98 Å². The molecule has 1 N–H and O–H groups in total. The molecule has 1 aromatic heterocycles. The Labute approximate surface area is 176 Å². The van der Waals surface area contributed by atoms with Gasteiger partial charge in [0.2, 0.25) is 5.91 Å². The molecule has 0 saturated carbocycles. The van der Waals surface area contributed by atoms with Crippen molar-refractivity contribution < 1.29 is 9.53 Å². The molecule has 29 heavy (non-hydrogen) atoms. The number of benzene rings is 2. The minimum Gasteiger partial charge on any atom is -0.494 e. The van der Waals surface area contributed by atoms with E-state index in [0.717, 1.165) is 29.0 Å². The van der Waals surface area contributed by atoms with Gasteiger partial charge in [-0.25, -0.2) is 4.98 Å². The summed E-state index contributed by atoms with van der Waals surface area (Å²) in [6, 6.07) is 16.1. The molecule has 0 fully saturated rings. The number of thiazole rings is 1. The molecular weight excluding hydrogens is 380 g/mol. The van der Waals surface area contributed by atoms with Gasteiger partial charge in [-0.05, 0) is 53.8 Å². The van der Waals surface area contributed by atoms with Crippen molar-refractivity contribution >= 4 is 28.5 Å². The number of rotatable bonds is 8. The summed E-state index contributed by atoms with van der Waals surface area (Å²) in [5, 5.41) is 5.34. The number of anilines is 1. The summed E-state index contributed by atoms with van der Waals surface area (Å²) in [5.41, 5.74) is 4.11. The first kappa shape index (κ1) is 20.8. The van der Waals surface area contributed by atoms with Crippen LogP contribution in [0.1, 0.15) is 44.2 Å². The van der Waals surface area contributed by atoms with Gasteiger partial charge in [0.05, 0.1) is 12.3 Å². The van der Waals surface area contributed by atoms with Crippen LogP contribution in [0.5, 0.6) is 5.75 Å². The number of carbonyl (C=O) groups is 1. The smallest absolute Gasteiger partial charge is 0.250 e. The molecule has 5 heteroatoms. The fourth-order valence-corrected chi connectivity index (χ4v) is 3.44. The van der Waals surface area contributed by atoms with Crippen LogP contribution < -0.4 is 10.1 Å². The lowest BCUT2D eigenvalue weighted by atomic mass is 10.0. The Morgan fingerprint density at radius 2 is 1.86 bits per heavy atom. The molecule has 0 saturated heterocycles. The lowest BCUT2D eigenvalue weighted by Crippen LogP contribution is -2.07. The molecule has 0 aliphatic rings. The summed E-state index contributed by atoms with van der Waals surface area (Å²) in [5.74, 6) is 1.16. The average molecular weight is 407 g/mol. The van der Waals surface area contributed by atoms with Crippen molar-refractivity contribution in [3.8, 4) is 17.0 Å². The van der Waals surface area contributed by atoms with Gasteiger partial charge in [0.1, 0.15) is 5.75 Å². The van der Waals surface area contributed by atoms with Gasteiger partial charge in [0.15, 0.2) is 5.13 Å².